The molecule has 1 heterocycles. The summed E-state index contributed by atoms with van der Waals surface area (Å²) >= 11 is 0. The third-order valence-corrected chi connectivity index (χ3v) is 1.99. The largest absolute Gasteiger partial charge is 0.453 e. The molecule has 1 aliphatic heterocycles. The van der Waals surface area contributed by atoms with Gasteiger partial charge < -0.3 is 9.31 Å². The van der Waals surface area contributed by atoms with Crippen molar-refractivity contribution in [1.82, 2.24) is 0 Å². The molecule has 0 N–H and O–H groups in total. The highest BCUT2D eigenvalue weighted by atomic mass is 16.6. The first-order valence-corrected chi connectivity index (χ1v) is 5.11. The van der Waals surface area contributed by atoms with Gasteiger partial charge in [0.15, 0.2) is 0 Å². The summed E-state index contributed by atoms with van der Waals surface area (Å²) < 4.78 is 10.9. The second kappa shape index (κ2) is 7.10. The Labute approximate surface area is 80.7 Å². The van der Waals surface area contributed by atoms with E-state index in [1.807, 2.05) is 13.0 Å². The Morgan fingerprint density at radius 2 is 1.92 bits per heavy atom. The van der Waals surface area contributed by atoms with Gasteiger partial charge in [0.1, 0.15) is 0 Å². The molecule has 0 atom stereocenters. The molecule has 13 heavy (non-hydrogen) atoms. The maximum atomic E-state index is 5.45. The Balaban J connectivity index is 2.20. The Morgan fingerprint density at radius 1 is 1.15 bits per heavy atom. The van der Waals surface area contributed by atoms with Gasteiger partial charge in [-0.25, -0.2) is 0 Å². The van der Waals surface area contributed by atoms with E-state index in [0.717, 1.165) is 45.4 Å². The lowest BCUT2D eigenvalue weighted by atomic mass is 9.95. The highest BCUT2D eigenvalue weighted by molar-refractivity contribution is 6.42. The van der Waals surface area contributed by atoms with Crippen molar-refractivity contribution in [2.75, 3.05) is 19.8 Å². The zero-order valence-electron chi connectivity index (χ0n) is 8.37. The third kappa shape index (κ3) is 5.83. The van der Waals surface area contributed by atoms with Crippen molar-refractivity contribution in [3.05, 3.63) is 0 Å². The van der Waals surface area contributed by atoms with Crippen LogP contribution in [0.15, 0.2) is 4.99 Å². The number of hydrogen-bond acceptors (Lipinski definition) is 3. The van der Waals surface area contributed by atoms with E-state index in [1.54, 1.807) is 0 Å². The molecule has 0 bridgehead atoms. The molecule has 3 nitrogen and oxygen atoms in total. The van der Waals surface area contributed by atoms with Crippen LogP contribution in [0, 0.1) is 0 Å². The molecule has 4 heteroatoms. The van der Waals surface area contributed by atoms with Crippen molar-refractivity contribution in [2.24, 2.45) is 4.99 Å². The Kier molecular flexibility index (Phi) is 5.86. The summed E-state index contributed by atoms with van der Waals surface area (Å²) in [5.74, 6) is 0. The summed E-state index contributed by atoms with van der Waals surface area (Å²) in [4.78, 5) is 4.28. The topological polar surface area (TPSA) is 30.8 Å². The van der Waals surface area contributed by atoms with Gasteiger partial charge in [-0.1, -0.05) is 0 Å². The van der Waals surface area contributed by atoms with Crippen LogP contribution in [0.3, 0.4) is 0 Å². The summed E-state index contributed by atoms with van der Waals surface area (Å²) in [5.41, 5.74) is 0. The monoisotopic (exact) mass is 183 g/mol. The highest BCUT2D eigenvalue weighted by Crippen LogP contribution is 1.99. The summed E-state index contributed by atoms with van der Waals surface area (Å²) in [5, 5.41) is 0. The van der Waals surface area contributed by atoms with Gasteiger partial charge in [0.05, 0.1) is 0 Å². The van der Waals surface area contributed by atoms with Gasteiger partial charge in [-0.05, 0) is 38.7 Å². The maximum Gasteiger partial charge on any atom is 0.453 e. The second-order valence-corrected chi connectivity index (χ2v) is 3.25. The van der Waals surface area contributed by atoms with E-state index in [4.69, 9.17) is 9.31 Å². The molecule has 0 amide bonds. The molecular weight excluding hydrogens is 165 g/mol. The van der Waals surface area contributed by atoms with Gasteiger partial charge in [0, 0.05) is 19.8 Å². The van der Waals surface area contributed by atoms with E-state index >= 15 is 0 Å². The average Bonchev–Trinajstić information content (AvgIpc) is 2.11. The third-order valence-electron chi connectivity index (χ3n) is 1.99. The van der Waals surface area contributed by atoms with Crippen LogP contribution in [-0.4, -0.2) is 33.1 Å². The minimum Gasteiger partial charge on any atom is -0.411 e. The second-order valence-electron chi connectivity index (χ2n) is 3.25. The molecule has 0 radical (unpaired) electrons. The number of rotatable bonds is 0. The first-order chi connectivity index (χ1) is 6.39. The quantitative estimate of drug-likeness (QED) is 0.536. The molecule has 0 aromatic rings. The van der Waals surface area contributed by atoms with Gasteiger partial charge in [-0.3, -0.25) is 4.99 Å². The molecule has 0 aromatic heterocycles. The fraction of sp³-hybridized carbons (Fsp3) is 0.889. The van der Waals surface area contributed by atoms with Crippen LogP contribution in [0.2, 0.25) is 6.82 Å². The lowest BCUT2D eigenvalue weighted by Crippen LogP contribution is -2.20. The van der Waals surface area contributed by atoms with Crippen LogP contribution >= 0.6 is 0 Å². The first-order valence-electron chi connectivity index (χ1n) is 5.11. The normalized spacial score (nSPS) is 22.1. The zero-order chi connectivity index (χ0) is 9.36. The van der Waals surface area contributed by atoms with Crippen molar-refractivity contribution < 1.29 is 9.31 Å². The zero-order valence-corrected chi connectivity index (χ0v) is 8.37. The van der Waals surface area contributed by atoms with Gasteiger partial charge >= 0.3 is 7.12 Å². The van der Waals surface area contributed by atoms with E-state index in [2.05, 4.69) is 4.99 Å². The number of nitrogens with zero attached hydrogens (tertiary/aromatic N) is 1. The summed E-state index contributed by atoms with van der Waals surface area (Å²) in [6.45, 7) is 4.38. The summed E-state index contributed by atoms with van der Waals surface area (Å²) in [7, 11) is -0.0524. The molecule has 1 rings (SSSR count). The van der Waals surface area contributed by atoms with Crippen LogP contribution in [0.5, 0.6) is 0 Å². The van der Waals surface area contributed by atoms with E-state index in [9.17, 15) is 0 Å². The van der Waals surface area contributed by atoms with Gasteiger partial charge in [0.2, 0.25) is 0 Å². The Bertz CT molecular complexity index is 153. The van der Waals surface area contributed by atoms with Gasteiger partial charge in [0.25, 0.3) is 0 Å². The predicted molar refractivity (Wildman–Crippen MR) is 55.3 cm³/mol. The van der Waals surface area contributed by atoms with Crippen LogP contribution in [0.1, 0.15) is 25.7 Å². The van der Waals surface area contributed by atoms with Gasteiger partial charge in [-0.2, -0.15) is 0 Å². The van der Waals surface area contributed by atoms with E-state index in [-0.39, 0.29) is 7.12 Å². The molecule has 0 fully saturated rings. The van der Waals surface area contributed by atoms with Gasteiger partial charge in [-0.15, -0.1) is 0 Å². The highest BCUT2D eigenvalue weighted by Gasteiger charge is 2.09. The molecule has 0 spiro atoms. The molecule has 0 saturated heterocycles. The number of hydrogen-bond donors (Lipinski definition) is 0. The molecule has 0 saturated carbocycles. The molecule has 0 aromatic carbocycles. The fourth-order valence-electron chi connectivity index (χ4n) is 1.22. The molecule has 74 valence electrons. The molecular formula is C9H18BNO2. The smallest absolute Gasteiger partial charge is 0.411 e. The minimum atomic E-state index is -0.0524. The van der Waals surface area contributed by atoms with Crippen molar-refractivity contribution in [2.45, 2.75) is 32.5 Å². The van der Waals surface area contributed by atoms with Crippen LogP contribution in [0.25, 0.3) is 0 Å². The fourth-order valence-corrected chi connectivity index (χ4v) is 1.22. The minimum absolute atomic E-state index is 0.0524. The maximum absolute atomic E-state index is 5.45. The first kappa shape index (κ1) is 10.7. The Hall–Kier alpha value is -0.345. The predicted octanol–water partition coefficient (Wildman–Crippen LogP) is 1.78. The van der Waals surface area contributed by atoms with E-state index in [0.29, 0.717) is 0 Å². The summed E-state index contributed by atoms with van der Waals surface area (Å²) in [6.07, 6.45) is 6.35. The van der Waals surface area contributed by atoms with Crippen molar-refractivity contribution >= 4 is 13.3 Å². The lowest BCUT2D eigenvalue weighted by Gasteiger charge is -2.10. The van der Waals surface area contributed by atoms with E-state index < -0.39 is 0 Å². The van der Waals surface area contributed by atoms with E-state index in [1.165, 1.54) is 0 Å². The standard InChI is InChI=1S/C9H18BNO2/c1-10-12-8-4-2-3-6-11-7-5-9-13-10/h6H,2-5,7-9H2,1H3. The lowest BCUT2D eigenvalue weighted by molar-refractivity contribution is 0.197. The summed E-state index contributed by atoms with van der Waals surface area (Å²) in [6, 6.07) is 0. The van der Waals surface area contributed by atoms with Crippen LogP contribution in [0.4, 0.5) is 0 Å². The average molecular weight is 183 g/mol. The molecule has 0 unspecified atom stereocenters. The number of aliphatic imine (C=N–C) groups is 1. The van der Waals surface area contributed by atoms with Crippen LogP contribution in [-0.2, 0) is 9.31 Å². The molecule has 1 aliphatic rings. The van der Waals surface area contributed by atoms with Crippen molar-refractivity contribution in [3.8, 4) is 0 Å². The van der Waals surface area contributed by atoms with Crippen molar-refractivity contribution in [3.63, 3.8) is 0 Å². The SMILES string of the molecule is CB1OCCCCC=NCCCO1. The molecule has 0 aliphatic carbocycles. The van der Waals surface area contributed by atoms with Crippen molar-refractivity contribution in [1.29, 1.82) is 0 Å². The Morgan fingerprint density at radius 3 is 2.77 bits per heavy atom. The van der Waals surface area contributed by atoms with Crippen LogP contribution < -0.4 is 0 Å².